The molecule has 1 heterocycles. The molecule has 6 nitrogen and oxygen atoms in total. The fourth-order valence-corrected chi connectivity index (χ4v) is 5.07. The lowest BCUT2D eigenvalue weighted by Crippen LogP contribution is -2.35. The Morgan fingerprint density at radius 1 is 0.967 bits per heavy atom. The number of benzene rings is 3. The first-order chi connectivity index (χ1) is 14.5. The maximum Gasteiger partial charge on any atom is 0.264 e. The van der Waals surface area contributed by atoms with Gasteiger partial charge < -0.3 is 10.1 Å². The molecule has 0 saturated carbocycles. The van der Waals surface area contributed by atoms with E-state index in [1.807, 2.05) is 24.3 Å². The quantitative estimate of drug-likeness (QED) is 0.672. The predicted octanol–water partition coefficient (Wildman–Crippen LogP) is 4.09. The normalized spacial score (nSPS) is 13.4. The number of nitrogens with zero attached hydrogens (tertiary/aromatic N) is 1. The number of ether oxygens (including phenoxy) is 1. The van der Waals surface area contributed by atoms with Crippen molar-refractivity contribution >= 4 is 27.3 Å². The number of fused-ring (bicyclic) bond motifs is 1. The highest BCUT2D eigenvalue weighted by atomic mass is 32.2. The zero-order chi connectivity index (χ0) is 21.1. The Balaban J connectivity index is 1.52. The first-order valence-corrected chi connectivity index (χ1v) is 11.1. The molecule has 30 heavy (non-hydrogen) atoms. The van der Waals surface area contributed by atoms with Crippen LogP contribution in [0.3, 0.4) is 0 Å². The second kappa shape index (κ2) is 8.20. The van der Waals surface area contributed by atoms with E-state index in [0.29, 0.717) is 23.5 Å². The van der Waals surface area contributed by atoms with Crippen molar-refractivity contribution in [3.05, 3.63) is 83.9 Å². The number of methoxy groups -OCH3 is 1. The molecule has 3 aromatic rings. The van der Waals surface area contributed by atoms with Crippen LogP contribution in [0.2, 0.25) is 0 Å². The van der Waals surface area contributed by atoms with E-state index >= 15 is 0 Å². The number of hydrogen-bond donors (Lipinski definition) is 1. The Kier molecular flexibility index (Phi) is 5.46. The van der Waals surface area contributed by atoms with Crippen molar-refractivity contribution in [3.63, 3.8) is 0 Å². The molecule has 1 N–H and O–H groups in total. The zero-order valence-corrected chi connectivity index (χ0v) is 17.4. The highest BCUT2D eigenvalue weighted by molar-refractivity contribution is 7.92. The van der Waals surface area contributed by atoms with E-state index in [-0.39, 0.29) is 10.8 Å². The molecule has 0 spiro atoms. The number of amides is 1. The van der Waals surface area contributed by atoms with Crippen molar-refractivity contribution in [2.75, 3.05) is 23.3 Å². The van der Waals surface area contributed by atoms with Crippen molar-refractivity contribution in [2.45, 2.75) is 17.7 Å². The molecule has 0 aliphatic carbocycles. The molecular weight excluding hydrogens is 400 g/mol. The second-order valence-corrected chi connectivity index (χ2v) is 8.88. The molecule has 0 atom stereocenters. The van der Waals surface area contributed by atoms with Crippen LogP contribution in [0.5, 0.6) is 5.75 Å². The van der Waals surface area contributed by atoms with Crippen LogP contribution in [0, 0.1) is 0 Å². The van der Waals surface area contributed by atoms with Crippen LogP contribution in [0.25, 0.3) is 0 Å². The third-order valence-corrected chi connectivity index (χ3v) is 6.95. The first kappa shape index (κ1) is 20.0. The van der Waals surface area contributed by atoms with Gasteiger partial charge in [0.2, 0.25) is 0 Å². The van der Waals surface area contributed by atoms with Crippen molar-refractivity contribution in [1.29, 1.82) is 0 Å². The van der Waals surface area contributed by atoms with Crippen LogP contribution in [0.4, 0.5) is 11.4 Å². The van der Waals surface area contributed by atoms with E-state index in [0.717, 1.165) is 24.1 Å². The minimum absolute atomic E-state index is 0.196. The number of hydrogen-bond acceptors (Lipinski definition) is 4. The Morgan fingerprint density at radius 3 is 2.37 bits per heavy atom. The summed E-state index contributed by atoms with van der Waals surface area (Å²) in [4.78, 5) is 12.6. The van der Waals surface area contributed by atoms with Crippen LogP contribution in [-0.4, -0.2) is 28.0 Å². The summed E-state index contributed by atoms with van der Waals surface area (Å²) < 4.78 is 32.9. The van der Waals surface area contributed by atoms with Gasteiger partial charge in [0, 0.05) is 17.8 Å². The Hall–Kier alpha value is -3.32. The van der Waals surface area contributed by atoms with Crippen LogP contribution in [0.1, 0.15) is 22.3 Å². The fourth-order valence-electron chi connectivity index (χ4n) is 3.53. The molecule has 0 unspecified atom stereocenters. The second-order valence-electron chi connectivity index (χ2n) is 7.02. The smallest absolute Gasteiger partial charge is 0.264 e. The molecule has 0 radical (unpaired) electrons. The summed E-state index contributed by atoms with van der Waals surface area (Å²) in [6, 6.07) is 20.6. The van der Waals surface area contributed by atoms with Gasteiger partial charge in [0.25, 0.3) is 15.9 Å². The van der Waals surface area contributed by atoms with E-state index < -0.39 is 10.0 Å². The Labute approximate surface area is 176 Å². The molecule has 0 saturated heterocycles. The number of rotatable bonds is 5. The average molecular weight is 423 g/mol. The van der Waals surface area contributed by atoms with E-state index in [9.17, 15) is 13.2 Å². The van der Waals surface area contributed by atoms with E-state index in [4.69, 9.17) is 4.74 Å². The highest BCUT2D eigenvalue weighted by Gasteiger charge is 2.28. The van der Waals surface area contributed by atoms with Gasteiger partial charge in [-0.2, -0.15) is 0 Å². The lowest BCUT2D eigenvalue weighted by atomic mass is 10.0. The number of sulfonamides is 1. The third kappa shape index (κ3) is 3.89. The Bertz CT molecular complexity index is 1160. The number of carbonyl (C=O) groups excluding carboxylic acids is 1. The van der Waals surface area contributed by atoms with Crippen molar-refractivity contribution in [3.8, 4) is 5.75 Å². The van der Waals surface area contributed by atoms with Gasteiger partial charge in [-0.3, -0.25) is 9.10 Å². The summed E-state index contributed by atoms with van der Waals surface area (Å²) in [5.41, 5.74) is 2.78. The van der Waals surface area contributed by atoms with Crippen molar-refractivity contribution in [1.82, 2.24) is 0 Å². The van der Waals surface area contributed by atoms with E-state index in [1.165, 1.54) is 16.4 Å². The summed E-state index contributed by atoms with van der Waals surface area (Å²) >= 11 is 0. The van der Waals surface area contributed by atoms with Gasteiger partial charge in [0.15, 0.2) is 0 Å². The topological polar surface area (TPSA) is 75.7 Å². The molecule has 0 fully saturated rings. The number of para-hydroxylation sites is 1. The van der Waals surface area contributed by atoms with E-state index in [1.54, 1.807) is 43.5 Å². The molecule has 0 bridgehead atoms. The molecule has 0 aromatic heterocycles. The van der Waals surface area contributed by atoms with Gasteiger partial charge in [-0.05, 0) is 73.0 Å². The standard InChI is InChI=1S/C23H22N2O4S/c1-29-20-12-8-18(9-13-20)23(26)24-19-10-14-21(15-11-19)30(27,28)25-16-4-6-17-5-2-3-7-22(17)25/h2-3,5,7-15H,4,6,16H2,1H3,(H,24,26). The predicted molar refractivity (Wildman–Crippen MR) is 117 cm³/mol. The van der Waals surface area contributed by atoms with Gasteiger partial charge in [-0.1, -0.05) is 18.2 Å². The molecule has 154 valence electrons. The zero-order valence-electron chi connectivity index (χ0n) is 16.5. The molecular formula is C23H22N2O4S. The van der Waals surface area contributed by atoms with E-state index in [2.05, 4.69) is 5.32 Å². The maximum atomic E-state index is 13.2. The van der Waals surface area contributed by atoms with Crippen LogP contribution in [-0.2, 0) is 16.4 Å². The summed E-state index contributed by atoms with van der Waals surface area (Å²) in [6.45, 7) is 0.454. The monoisotopic (exact) mass is 422 g/mol. The molecule has 7 heteroatoms. The molecule has 1 aliphatic rings. The molecule has 1 aliphatic heterocycles. The third-order valence-electron chi connectivity index (χ3n) is 5.12. The van der Waals surface area contributed by atoms with Gasteiger partial charge >= 0.3 is 0 Å². The Morgan fingerprint density at radius 2 is 1.67 bits per heavy atom. The van der Waals surface area contributed by atoms with Crippen LogP contribution >= 0.6 is 0 Å². The van der Waals surface area contributed by atoms with Gasteiger partial charge in [0.1, 0.15) is 5.75 Å². The summed E-state index contributed by atoms with van der Waals surface area (Å²) in [5, 5.41) is 2.78. The molecule has 1 amide bonds. The minimum Gasteiger partial charge on any atom is -0.497 e. The lowest BCUT2D eigenvalue weighted by molar-refractivity contribution is 0.102. The minimum atomic E-state index is -3.67. The molecule has 4 rings (SSSR count). The fraction of sp³-hybridized carbons (Fsp3) is 0.174. The average Bonchev–Trinajstić information content (AvgIpc) is 2.79. The first-order valence-electron chi connectivity index (χ1n) is 9.65. The molecule has 3 aromatic carbocycles. The number of anilines is 2. The lowest BCUT2D eigenvalue weighted by Gasteiger charge is -2.30. The number of carbonyl (C=O) groups is 1. The summed E-state index contributed by atoms with van der Waals surface area (Å²) in [7, 11) is -2.11. The number of nitrogens with one attached hydrogen (secondary N) is 1. The van der Waals surface area contributed by atoms with Crippen molar-refractivity contribution < 1.29 is 17.9 Å². The van der Waals surface area contributed by atoms with Crippen LogP contribution < -0.4 is 14.4 Å². The van der Waals surface area contributed by atoms with Gasteiger partial charge in [-0.25, -0.2) is 8.42 Å². The number of aryl methyl sites for hydroxylation is 1. The van der Waals surface area contributed by atoms with Crippen molar-refractivity contribution in [2.24, 2.45) is 0 Å². The largest absolute Gasteiger partial charge is 0.497 e. The SMILES string of the molecule is COc1ccc(C(=O)Nc2ccc(S(=O)(=O)N3CCCc4ccccc43)cc2)cc1. The summed E-state index contributed by atoms with van der Waals surface area (Å²) in [5.74, 6) is 0.388. The highest BCUT2D eigenvalue weighted by Crippen LogP contribution is 2.32. The van der Waals surface area contributed by atoms with Crippen LogP contribution in [0.15, 0.2) is 77.7 Å². The van der Waals surface area contributed by atoms with Gasteiger partial charge in [-0.15, -0.1) is 0 Å². The van der Waals surface area contributed by atoms with Gasteiger partial charge in [0.05, 0.1) is 17.7 Å². The maximum absolute atomic E-state index is 13.2. The summed E-state index contributed by atoms with van der Waals surface area (Å²) in [6.07, 6.45) is 1.66.